The van der Waals surface area contributed by atoms with Gasteiger partial charge in [0, 0.05) is 0 Å². The minimum atomic E-state index is -2.07. The molecule has 0 aromatic heterocycles. The van der Waals surface area contributed by atoms with E-state index in [9.17, 15) is 5.16 Å². The fourth-order valence-electron chi connectivity index (χ4n) is 15.8. The molecule has 0 heterocycles. The summed E-state index contributed by atoms with van der Waals surface area (Å²) in [4.78, 5) is 0. The van der Waals surface area contributed by atoms with Crippen LogP contribution in [0.5, 0.6) is 0 Å². The standard InChI is InChI=1S/C30H45NP.2C7H7.CH3.Zr/c31-32(28-10-19-1-20(11-28)3-21(2-19)12-28,29-13-22-4-23(14-29)6-24(5-22)15-29)30-16-25-7-26(17-30)9-27(8-25)18-30;2*1-7-5-3-2-4-6-7;;/h19-27H,1-18H2;2*2-6H,1H2;1H3;/q4*-1;+4. The Labute approximate surface area is 314 Å². The first kappa shape index (κ1) is 35.7. The number of nitrogens with zero attached hydrogens (tertiary/aromatic N) is 1. The van der Waals surface area contributed by atoms with Crippen LogP contribution in [0, 0.1) is 74.5 Å². The molecule has 12 bridgehead atoms. The molecule has 12 fully saturated rings. The predicted octanol–water partition coefficient (Wildman–Crippen LogP) is 12.8. The molecular weight excluding hydrogens is 677 g/mol. The molecule has 0 N–H and O–H groups in total. The number of hydrogen-bond acceptors (Lipinski definition) is 0. The molecule has 0 radical (unpaired) electrons. The number of hydrogen-bond donors (Lipinski definition) is 0. The van der Waals surface area contributed by atoms with Crippen LogP contribution in [0.2, 0.25) is 0 Å². The second kappa shape index (κ2) is 13.4. The first-order valence-corrected chi connectivity index (χ1v) is 21.3. The number of benzene rings is 2. The summed E-state index contributed by atoms with van der Waals surface area (Å²) >= 11 is 0. The van der Waals surface area contributed by atoms with Crippen molar-refractivity contribution in [1.29, 1.82) is 0 Å². The molecule has 256 valence electrons. The van der Waals surface area contributed by atoms with Crippen LogP contribution < -0.4 is 0 Å². The topological polar surface area (TPSA) is 22.3 Å². The average molecular weight is 739 g/mol. The molecule has 12 aliphatic rings. The van der Waals surface area contributed by atoms with Crippen molar-refractivity contribution in [3.05, 3.63) is 98.2 Å². The molecule has 12 saturated carbocycles. The van der Waals surface area contributed by atoms with Crippen molar-refractivity contribution in [2.24, 2.45) is 53.3 Å². The largest absolute Gasteiger partial charge is 4.00 e. The predicted molar refractivity (Wildman–Crippen MR) is 201 cm³/mol. The molecule has 0 atom stereocenters. The fraction of sp³-hybridized carbons (Fsp3) is 0.667. The molecule has 0 aliphatic heterocycles. The van der Waals surface area contributed by atoms with Gasteiger partial charge in [-0.25, -0.2) is 7.05 Å². The van der Waals surface area contributed by atoms with Crippen molar-refractivity contribution in [3.8, 4) is 0 Å². The van der Waals surface area contributed by atoms with E-state index in [-0.39, 0.29) is 33.6 Å². The fourth-order valence-corrected chi connectivity index (χ4v) is 23.6. The van der Waals surface area contributed by atoms with Gasteiger partial charge < -0.3 is 12.6 Å². The van der Waals surface area contributed by atoms with E-state index >= 15 is 0 Å². The maximum Gasteiger partial charge on any atom is 4.00 e. The summed E-state index contributed by atoms with van der Waals surface area (Å²) in [5, 5.41) is 15.5. The van der Waals surface area contributed by atoms with E-state index < -0.39 is 7.05 Å². The molecular formula is C45H62NPZr. The average Bonchev–Trinajstić information content (AvgIpc) is 3.00. The van der Waals surface area contributed by atoms with Gasteiger partial charge in [0.15, 0.2) is 0 Å². The Bertz CT molecular complexity index is 1190. The Kier molecular flexibility index (Phi) is 9.94. The van der Waals surface area contributed by atoms with Gasteiger partial charge in [0.05, 0.1) is 0 Å². The van der Waals surface area contributed by atoms with Gasteiger partial charge in [0.25, 0.3) is 0 Å². The molecule has 3 heteroatoms. The molecule has 1 nitrogen and oxygen atoms in total. The van der Waals surface area contributed by atoms with Gasteiger partial charge in [0.2, 0.25) is 0 Å². The molecule has 0 amide bonds. The summed E-state index contributed by atoms with van der Waals surface area (Å²) in [6, 6.07) is 19.7. The summed E-state index contributed by atoms with van der Waals surface area (Å²) in [6.07, 6.45) is 27.2. The second-order valence-corrected chi connectivity index (χ2v) is 23.1. The molecule has 0 spiro atoms. The molecule has 0 saturated heterocycles. The first-order valence-electron chi connectivity index (χ1n) is 19.6. The van der Waals surface area contributed by atoms with Crippen molar-refractivity contribution < 1.29 is 26.2 Å². The Balaban J connectivity index is 0.000000192. The number of rotatable bonds is 3. The van der Waals surface area contributed by atoms with Crippen LogP contribution in [0.25, 0.3) is 5.16 Å². The van der Waals surface area contributed by atoms with E-state index in [0.717, 1.165) is 64.4 Å². The zero-order chi connectivity index (χ0) is 31.1. The molecule has 14 rings (SSSR count). The maximum absolute atomic E-state index is 14.2. The Morgan fingerprint density at radius 1 is 0.417 bits per heavy atom. The summed E-state index contributed by atoms with van der Waals surface area (Å²) < 4.78 is 0. The first-order chi connectivity index (χ1) is 22.2. The Morgan fingerprint density at radius 3 is 0.750 bits per heavy atom. The summed E-state index contributed by atoms with van der Waals surface area (Å²) in [7, 11) is -2.07. The Hall–Kier alpha value is -0.707. The third-order valence-corrected chi connectivity index (χ3v) is 21.5. The van der Waals surface area contributed by atoms with Crippen molar-refractivity contribution >= 4 is 7.05 Å². The third-order valence-electron chi connectivity index (χ3n) is 15.8. The van der Waals surface area contributed by atoms with Crippen LogP contribution in [0.15, 0.2) is 60.7 Å². The van der Waals surface area contributed by atoms with Crippen molar-refractivity contribution in [2.75, 3.05) is 0 Å². The minimum Gasteiger partial charge on any atom is -0.807 e. The maximum atomic E-state index is 14.2. The van der Waals surface area contributed by atoms with Crippen LogP contribution in [0.3, 0.4) is 0 Å². The zero-order valence-electron chi connectivity index (χ0n) is 30.0. The van der Waals surface area contributed by atoms with E-state index in [4.69, 9.17) is 0 Å². The van der Waals surface area contributed by atoms with Crippen LogP contribution >= 0.6 is 7.05 Å². The van der Waals surface area contributed by atoms with Gasteiger partial charge >= 0.3 is 26.2 Å². The monoisotopic (exact) mass is 737 g/mol. The van der Waals surface area contributed by atoms with Gasteiger partial charge in [0.1, 0.15) is 0 Å². The smallest absolute Gasteiger partial charge is 0.807 e. The van der Waals surface area contributed by atoms with Gasteiger partial charge in [-0.2, -0.15) is 49.2 Å². The van der Waals surface area contributed by atoms with Crippen LogP contribution in [0.4, 0.5) is 0 Å². The molecule has 12 aliphatic carbocycles. The molecule has 48 heavy (non-hydrogen) atoms. The van der Waals surface area contributed by atoms with Crippen LogP contribution in [-0.2, 0) is 26.2 Å². The van der Waals surface area contributed by atoms with Crippen molar-refractivity contribution in [1.82, 2.24) is 0 Å². The third kappa shape index (κ3) is 5.85. The molecule has 2 aromatic rings. The van der Waals surface area contributed by atoms with Gasteiger partial charge in [-0.1, -0.05) is 12.1 Å². The van der Waals surface area contributed by atoms with E-state index in [1.54, 1.807) is 57.8 Å². The van der Waals surface area contributed by atoms with E-state index in [1.165, 1.54) is 57.8 Å². The SMILES string of the molecule is [CH2-]c1ccccc1.[CH2-]c1ccccc1.[CH3-].[N-]=P(C12CC3CC(CC(C3)C1)C2)(C12CC3CC(CC(C3)C1)C2)C12CC3CC(CC(C3)C1)C2.[Zr+4]. The zero-order valence-corrected chi connectivity index (χ0v) is 33.4. The second-order valence-electron chi connectivity index (χ2n) is 19.0. The van der Waals surface area contributed by atoms with Gasteiger partial charge in [-0.15, -0.1) is 24.3 Å². The van der Waals surface area contributed by atoms with E-state index in [1.807, 2.05) is 60.7 Å². The minimum absolute atomic E-state index is 0. The van der Waals surface area contributed by atoms with Crippen LogP contribution in [0.1, 0.15) is 127 Å². The van der Waals surface area contributed by atoms with Gasteiger partial charge in [-0.3, -0.25) is 0 Å². The summed E-state index contributed by atoms with van der Waals surface area (Å²) in [5.41, 5.74) is 2.14. The molecule has 0 unspecified atom stereocenters. The quantitative estimate of drug-likeness (QED) is 0.221. The normalized spacial score (nSPS) is 45.8. The van der Waals surface area contributed by atoms with Gasteiger partial charge in [-0.05, 0) is 184 Å². The molecule has 2 aromatic carbocycles. The van der Waals surface area contributed by atoms with Crippen LogP contribution in [-0.4, -0.2) is 15.5 Å². The van der Waals surface area contributed by atoms with E-state index in [2.05, 4.69) is 13.8 Å². The van der Waals surface area contributed by atoms with Crippen molar-refractivity contribution in [3.63, 3.8) is 0 Å². The Morgan fingerprint density at radius 2 is 0.604 bits per heavy atom. The van der Waals surface area contributed by atoms with E-state index in [0.29, 0.717) is 15.5 Å². The van der Waals surface area contributed by atoms with Crippen molar-refractivity contribution in [2.45, 2.75) is 131 Å². The summed E-state index contributed by atoms with van der Waals surface area (Å²) in [6.45, 7) is 7.44. The summed E-state index contributed by atoms with van der Waals surface area (Å²) in [5.74, 6) is 8.96.